The van der Waals surface area contributed by atoms with Crippen LogP contribution in [0.15, 0.2) is 59.5 Å². The first-order valence-corrected chi connectivity index (χ1v) is 10.6. The van der Waals surface area contributed by atoms with E-state index in [-0.39, 0.29) is 0 Å². The van der Waals surface area contributed by atoms with Crippen LogP contribution in [0.25, 0.3) is 0 Å². The van der Waals surface area contributed by atoms with Crippen molar-refractivity contribution in [2.75, 3.05) is 46.4 Å². The number of benzene rings is 2. The normalized spacial score (nSPS) is 16.2. The molecule has 1 saturated heterocycles. The van der Waals surface area contributed by atoms with Crippen molar-refractivity contribution in [1.82, 2.24) is 9.21 Å². The average molecular weight is 391 g/mol. The second-order valence-electron chi connectivity index (χ2n) is 6.44. The number of nitrogens with zero attached hydrogens (tertiary/aromatic N) is 2. The molecule has 0 spiro atoms. The van der Waals surface area contributed by atoms with Crippen LogP contribution in [-0.4, -0.2) is 64.1 Å². The number of piperazine rings is 1. The van der Waals surface area contributed by atoms with Crippen LogP contribution in [0.1, 0.15) is 6.42 Å². The van der Waals surface area contributed by atoms with Gasteiger partial charge >= 0.3 is 0 Å². The number of rotatable bonds is 8. The van der Waals surface area contributed by atoms with E-state index >= 15 is 0 Å². The number of hydrogen-bond donors (Lipinski definition) is 0. The zero-order valence-corrected chi connectivity index (χ0v) is 16.4. The Morgan fingerprint density at radius 1 is 0.889 bits per heavy atom. The maximum Gasteiger partial charge on any atom is 0.243 e. The lowest BCUT2D eigenvalue weighted by Gasteiger charge is -2.33. The van der Waals surface area contributed by atoms with Crippen molar-refractivity contribution in [2.24, 2.45) is 0 Å². The Bertz CT molecular complexity index is 802. The molecule has 1 fully saturated rings. The largest absolute Gasteiger partial charge is 0.497 e. The summed E-state index contributed by atoms with van der Waals surface area (Å²) in [6.07, 6.45) is 0.900. The van der Waals surface area contributed by atoms with E-state index in [9.17, 15) is 8.42 Å². The fraction of sp³-hybridized carbons (Fsp3) is 0.400. The lowest BCUT2D eigenvalue weighted by molar-refractivity contribution is 0.174. The summed E-state index contributed by atoms with van der Waals surface area (Å²) in [5.74, 6) is 1.64. The zero-order chi connectivity index (χ0) is 19.1. The molecule has 6 nitrogen and oxygen atoms in total. The fourth-order valence-electron chi connectivity index (χ4n) is 3.09. The molecule has 0 saturated carbocycles. The van der Waals surface area contributed by atoms with Crippen LogP contribution in [0.3, 0.4) is 0 Å². The summed E-state index contributed by atoms with van der Waals surface area (Å²) in [4.78, 5) is 2.65. The van der Waals surface area contributed by atoms with E-state index < -0.39 is 10.0 Å². The first-order chi connectivity index (χ1) is 13.1. The Hall–Kier alpha value is -2.09. The monoisotopic (exact) mass is 390 g/mol. The van der Waals surface area contributed by atoms with E-state index in [2.05, 4.69) is 4.90 Å². The first-order valence-electron chi connectivity index (χ1n) is 9.14. The van der Waals surface area contributed by atoms with Crippen LogP contribution in [0.5, 0.6) is 11.5 Å². The smallest absolute Gasteiger partial charge is 0.243 e. The molecule has 0 radical (unpaired) electrons. The Morgan fingerprint density at radius 2 is 1.52 bits per heavy atom. The molecule has 1 aliphatic rings. The molecule has 0 amide bonds. The number of methoxy groups -OCH3 is 1. The van der Waals surface area contributed by atoms with Crippen LogP contribution in [-0.2, 0) is 10.0 Å². The van der Waals surface area contributed by atoms with Gasteiger partial charge in [0.05, 0.1) is 18.6 Å². The van der Waals surface area contributed by atoms with E-state index in [0.29, 0.717) is 24.6 Å². The van der Waals surface area contributed by atoms with Gasteiger partial charge in [-0.1, -0.05) is 18.2 Å². The van der Waals surface area contributed by atoms with Crippen molar-refractivity contribution in [3.63, 3.8) is 0 Å². The molecular weight excluding hydrogens is 364 g/mol. The van der Waals surface area contributed by atoms with Crippen molar-refractivity contribution in [2.45, 2.75) is 11.3 Å². The molecule has 0 atom stereocenters. The Kier molecular flexibility index (Phi) is 6.71. The Labute approximate surface area is 161 Å². The quantitative estimate of drug-likeness (QED) is 0.648. The van der Waals surface area contributed by atoms with Crippen molar-refractivity contribution < 1.29 is 17.9 Å². The fourth-order valence-corrected chi connectivity index (χ4v) is 4.53. The lowest BCUT2D eigenvalue weighted by atomic mass is 10.3. The molecule has 3 rings (SSSR count). The van der Waals surface area contributed by atoms with E-state index in [0.717, 1.165) is 37.6 Å². The SMILES string of the molecule is COc1ccc(OCCCN2CCN(S(=O)(=O)c3ccccc3)CC2)cc1. The van der Waals surface area contributed by atoms with E-state index in [1.807, 2.05) is 30.3 Å². The van der Waals surface area contributed by atoms with Gasteiger partial charge in [-0.3, -0.25) is 0 Å². The number of hydrogen-bond acceptors (Lipinski definition) is 5. The van der Waals surface area contributed by atoms with Crippen LogP contribution in [0, 0.1) is 0 Å². The molecule has 2 aromatic rings. The van der Waals surface area contributed by atoms with Gasteiger partial charge in [-0.25, -0.2) is 8.42 Å². The van der Waals surface area contributed by atoms with Gasteiger partial charge in [0.25, 0.3) is 0 Å². The maximum absolute atomic E-state index is 12.6. The molecule has 0 bridgehead atoms. The minimum absolute atomic E-state index is 0.367. The summed E-state index contributed by atoms with van der Waals surface area (Å²) in [5.41, 5.74) is 0. The highest BCUT2D eigenvalue weighted by Gasteiger charge is 2.27. The molecule has 7 heteroatoms. The molecule has 0 unspecified atom stereocenters. The van der Waals surface area contributed by atoms with Gasteiger partial charge in [0.2, 0.25) is 10.0 Å². The van der Waals surface area contributed by atoms with Gasteiger partial charge in [-0.15, -0.1) is 0 Å². The van der Waals surface area contributed by atoms with Crippen LogP contribution >= 0.6 is 0 Å². The third-order valence-corrected chi connectivity index (χ3v) is 6.57. The van der Waals surface area contributed by atoms with Crippen LogP contribution in [0.2, 0.25) is 0 Å². The molecule has 0 aromatic heterocycles. The van der Waals surface area contributed by atoms with Gasteiger partial charge < -0.3 is 14.4 Å². The van der Waals surface area contributed by atoms with Gasteiger partial charge in [0, 0.05) is 32.7 Å². The molecule has 146 valence electrons. The lowest BCUT2D eigenvalue weighted by Crippen LogP contribution is -2.48. The van der Waals surface area contributed by atoms with Crippen molar-refractivity contribution in [3.05, 3.63) is 54.6 Å². The predicted octanol–water partition coefficient (Wildman–Crippen LogP) is 2.47. The molecule has 0 aliphatic carbocycles. The molecule has 27 heavy (non-hydrogen) atoms. The van der Waals surface area contributed by atoms with Gasteiger partial charge in [0.15, 0.2) is 0 Å². The second-order valence-corrected chi connectivity index (χ2v) is 8.37. The van der Waals surface area contributed by atoms with Gasteiger partial charge in [-0.05, 0) is 42.8 Å². The average Bonchev–Trinajstić information content (AvgIpc) is 2.72. The third kappa shape index (κ3) is 5.22. The molecule has 2 aromatic carbocycles. The van der Waals surface area contributed by atoms with Crippen molar-refractivity contribution in [1.29, 1.82) is 0 Å². The first kappa shape index (κ1) is 19.7. The summed E-state index contributed by atoms with van der Waals surface area (Å²) < 4.78 is 37.7. The van der Waals surface area contributed by atoms with E-state index in [4.69, 9.17) is 9.47 Å². The third-order valence-electron chi connectivity index (χ3n) is 4.66. The highest BCUT2D eigenvalue weighted by atomic mass is 32.2. The minimum atomic E-state index is -3.38. The van der Waals surface area contributed by atoms with Crippen LogP contribution < -0.4 is 9.47 Å². The number of sulfonamides is 1. The molecule has 1 heterocycles. The van der Waals surface area contributed by atoms with E-state index in [1.54, 1.807) is 35.7 Å². The Morgan fingerprint density at radius 3 is 2.15 bits per heavy atom. The summed E-state index contributed by atoms with van der Waals surface area (Å²) in [6, 6.07) is 16.2. The summed E-state index contributed by atoms with van der Waals surface area (Å²) >= 11 is 0. The summed E-state index contributed by atoms with van der Waals surface area (Å²) in [5, 5.41) is 0. The highest BCUT2D eigenvalue weighted by molar-refractivity contribution is 7.89. The highest BCUT2D eigenvalue weighted by Crippen LogP contribution is 2.18. The van der Waals surface area contributed by atoms with Crippen molar-refractivity contribution >= 4 is 10.0 Å². The molecular formula is C20H26N2O4S. The zero-order valence-electron chi connectivity index (χ0n) is 15.6. The predicted molar refractivity (Wildman–Crippen MR) is 105 cm³/mol. The van der Waals surface area contributed by atoms with Gasteiger partial charge in [0.1, 0.15) is 11.5 Å². The van der Waals surface area contributed by atoms with Crippen molar-refractivity contribution in [3.8, 4) is 11.5 Å². The minimum Gasteiger partial charge on any atom is -0.497 e. The van der Waals surface area contributed by atoms with Gasteiger partial charge in [-0.2, -0.15) is 4.31 Å². The summed E-state index contributed by atoms with van der Waals surface area (Å²) in [6.45, 7) is 4.07. The van der Waals surface area contributed by atoms with E-state index in [1.165, 1.54) is 0 Å². The topological polar surface area (TPSA) is 59.1 Å². The molecule has 0 N–H and O–H groups in total. The standard InChI is InChI=1S/C20H26N2O4S/c1-25-18-8-10-19(11-9-18)26-17-5-12-21-13-15-22(16-14-21)27(23,24)20-6-3-2-4-7-20/h2-4,6-11H,5,12-17H2,1H3. The number of ether oxygens (including phenoxy) is 2. The second kappa shape index (κ2) is 9.21. The molecule has 1 aliphatic heterocycles. The Balaban J connectivity index is 1.39. The van der Waals surface area contributed by atoms with Crippen LogP contribution in [0.4, 0.5) is 0 Å². The maximum atomic E-state index is 12.6. The summed E-state index contributed by atoms with van der Waals surface area (Å²) in [7, 11) is -1.74.